The molecule has 0 atom stereocenters. The smallest absolute Gasteiger partial charge is 0.347 e. The number of benzene rings is 1. The van der Waals surface area contributed by atoms with Gasteiger partial charge in [-0.25, -0.2) is 4.79 Å². The largest absolute Gasteiger partial charge is 0.478 e. The van der Waals surface area contributed by atoms with E-state index in [1.54, 1.807) is 24.1 Å². The lowest BCUT2D eigenvalue weighted by Crippen LogP contribution is -2.37. The highest BCUT2D eigenvalue weighted by Gasteiger charge is 2.29. The highest BCUT2D eigenvalue weighted by molar-refractivity contribution is 5.76. The fourth-order valence-corrected chi connectivity index (χ4v) is 3.06. The minimum Gasteiger partial charge on any atom is -0.478 e. The molecule has 0 spiro atoms. The summed E-state index contributed by atoms with van der Waals surface area (Å²) >= 11 is 0. The number of allylic oxidation sites excluding steroid dienone is 2. The van der Waals surface area contributed by atoms with Crippen LogP contribution in [0.2, 0.25) is 0 Å². The van der Waals surface area contributed by atoms with Gasteiger partial charge in [-0.1, -0.05) is 23.8 Å². The first-order valence-electron chi connectivity index (χ1n) is 10.9. The van der Waals surface area contributed by atoms with Gasteiger partial charge in [-0.3, -0.25) is 4.79 Å². The maximum atomic E-state index is 11.7. The van der Waals surface area contributed by atoms with Crippen LogP contribution < -0.4 is 4.74 Å². The van der Waals surface area contributed by atoms with Crippen molar-refractivity contribution < 1.29 is 24.2 Å². The third kappa shape index (κ3) is 9.56. The van der Waals surface area contributed by atoms with Crippen LogP contribution in [0.3, 0.4) is 0 Å². The van der Waals surface area contributed by atoms with Gasteiger partial charge in [0.2, 0.25) is 6.41 Å². The number of likely N-dealkylation sites (N-methyl/N-ethyl adjacent to an activating group) is 1. The number of carboxylic acids is 1. The topological polar surface area (TPSA) is 79.3 Å². The summed E-state index contributed by atoms with van der Waals surface area (Å²) in [6, 6.07) is 7.47. The molecule has 7 nitrogen and oxygen atoms in total. The van der Waals surface area contributed by atoms with Crippen molar-refractivity contribution in [3.63, 3.8) is 0 Å². The summed E-state index contributed by atoms with van der Waals surface area (Å²) in [6.45, 7) is 8.92. The third-order valence-electron chi connectivity index (χ3n) is 5.10. The van der Waals surface area contributed by atoms with Crippen LogP contribution in [0.5, 0.6) is 5.75 Å². The molecule has 32 heavy (non-hydrogen) atoms. The third-order valence-corrected chi connectivity index (χ3v) is 5.10. The lowest BCUT2D eigenvalue weighted by Gasteiger charge is -2.24. The Kier molecular flexibility index (Phi) is 11.6. The van der Waals surface area contributed by atoms with Crippen molar-refractivity contribution in [2.24, 2.45) is 0 Å². The van der Waals surface area contributed by atoms with Crippen LogP contribution >= 0.6 is 0 Å². The van der Waals surface area contributed by atoms with Crippen LogP contribution in [0.4, 0.5) is 0 Å². The van der Waals surface area contributed by atoms with E-state index in [0.717, 1.165) is 43.5 Å². The molecule has 0 aliphatic carbocycles. The highest BCUT2D eigenvalue weighted by Crippen LogP contribution is 2.21. The zero-order valence-electron chi connectivity index (χ0n) is 20.3. The molecule has 0 fully saturated rings. The minimum atomic E-state index is -1.28. The van der Waals surface area contributed by atoms with Gasteiger partial charge in [-0.05, 0) is 64.7 Å². The van der Waals surface area contributed by atoms with Crippen LogP contribution in [0.15, 0.2) is 47.8 Å². The Morgan fingerprint density at radius 2 is 1.88 bits per heavy atom. The zero-order chi connectivity index (χ0) is 24.1. The van der Waals surface area contributed by atoms with E-state index in [9.17, 15) is 14.7 Å². The number of carbonyl (C=O) groups is 2. The van der Waals surface area contributed by atoms with Gasteiger partial charge < -0.3 is 24.4 Å². The number of hydrogen-bond donors (Lipinski definition) is 1. The predicted octanol–water partition coefficient (Wildman–Crippen LogP) is 4.10. The first-order chi connectivity index (χ1) is 15.1. The maximum Gasteiger partial charge on any atom is 0.347 e. The number of amides is 1. The molecule has 0 bridgehead atoms. The minimum absolute atomic E-state index is 0.474. The van der Waals surface area contributed by atoms with E-state index >= 15 is 0 Å². The zero-order valence-corrected chi connectivity index (χ0v) is 20.3. The van der Waals surface area contributed by atoms with Gasteiger partial charge in [0.1, 0.15) is 5.75 Å². The van der Waals surface area contributed by atoms with Crippen molar-refractivity contribution in [1.29, 1.82) is 0 Å². The van der Waals surface area contributed by atoms with Crippen molar-refractivity contribution in [2.75, 3.05) is 33.9 Å². The van der Waals surface area contributed by atoms with Crippen molar-refractivity contribution in [1.82, 2.24) is 9.80 Å². The molecule has 1 rings (SSSR count). The molecule has 0 saturated heterocycles. The second kappa shape index (κ2) is 13.6. The van der Waals surface area contributed by atoms with Crippen LogP contribution in [0.1, 0.15) is 46.1 Å². The number of carbonyl (C=O) groups excluding carboxylic acids is 1. The second-order valence-corrected chi connectivity index (χ2v) is 8.38. The molecular weight excluding hydrogens is 408 g/mol. The fraction of sp³-hybridized carbons (Fsp3) is 0.520. The summed E-state index contributed by atoms with van der Waals surface area (Å²) in [5.74, 6) is -0.488. The molecule has 1 aromatic carbocycles. The number of hydrogen-bond acceptors (Lipinski definition) is 5. The number of nitrogens with zero attached hydrogens (tertiary/aromatic N) is 2. The average molecular weight is 447 g/mol. The van der Waals surface area contributed by atoms with Gasteiger partial charge in [-0.15, -0.1) is 0 Å². The molecule has 1 N–H and O–H groups in total. The van der Waals surface area contributed by atoms with E-state index in [-0.39, 0.29) is 0 Å². The van der Waals surface area contributed by atoms with Crippen molar-refractivity contribution in [3.05, 3.63) is 53.4 Å². The van der Waals surface area contributed by atoms with Crippen molar-refractivity contribution in [3.8, 4) is 5.75 Å². The van der Waals surface area contributed by atoms with Gasteiger partial charge in [0.05, 0.1) is 6.61 Å². The lowest BCUT2D eigenvalue weighted by molar-refractivity contribution is -0.152. The summed E-state index contributed by atoms with van der Waals surface area (Å²) in [5, 5.41) is 9.20. The molecule has 0 aliphatic heterocycles. The molecule has 0 unspecified atom stereocenters. The van der Waals surface area contributed by atoms with E-state index in [4.69, 9.17) is 9.47 Å². The van der Waals surface area contributed by atoms with Crippen LogP contribution in [-0.4, -0.2) is 66.7 Å². The molecule has 1 aromatic rings. The van der Waals surface area contributed by atoms with E-state index < -0.39 is 11.6 Å². The summed E-state index contributed by atoms with van der Waals surface area (Å²) in [4.78, 5) is 26.7. The normalized spacial score (nSPS) is 12.4. The molecular formula is C25H38N2O5. The Bertz CT molecular complexity index is 784. The van der Waals surface area contributed by atoms with Crippen molar-refractivity contribution >= 4 is 12.4 Å². The Morgan fingerprint density at radius 3 is 2.41 bits per heavy atom. The van der Waals surface area contributed by atoms with E-state index in [1.807, 2.05) is 32.3 Å². The number of carboxylic acid groups (broad SMARTS) is 1. The summed E-state index contributed by atoms with van der Waals surface area (Å²) in [6.07, 6.45) is 7.40. The molecule has 0 aliphatic rings. The van der Waals surface area contributed by atoms with Gasteiger partial charge >= 0.3 is 5.97 Å². The van der Waals surface area contributed by atoms with Crippen LogP contribution in [0, 0.1) is 0 Å². The Hall–Kier alpha value is -2.80. The first kappa shape index (κ1) is 27.2. The maximum absolute atomic E-state index is 11.7. The molecule has 7 heteroatoms. The number of rotatable bonds is 15. The van der Waals surface area contributed by atoms with Crippen LogP contribution in [-0.2, 0) is 20.7 Å². The molecule has 0 radical (unpaired) electrons. The lowest BCUT2D eigenvalue weighted by atomic mass is 10.1. The predicted molar refractivity (Wildman–Crippen MR) is 127 cm³/mol. The number of methoxy groups -OCH3 is 1. The average Bonchev–Trinajstić information content (AvgIpc) is 2.74. The van der Waals surface area contributed by atoms with E-state index in [1.165, 1.54) is 19.4 Å². The summed E-state index contributed by atoms with van der Waals surface area (Å²) in [5.41, 5.74) is 2.05. The van der Waals surface area contributed by atoms with Gasteiger partial charge in [-0.2, -0.15) is 0 Å². The number of ether oxygens (including phenoxy) is 2. The molecule has 0 heterocycles. The fourth-order valence-electron chi connectivity index (χ4n) is 3.06. The molecule has 1 amide bonds. The van der Waals surface area contributed by atoms with Gasteiger partial charge in [0, 0.05) is 39.1 Å². The Morgan fingerprint density at radius 1 is 1.22 bits per heavy atom. The molecule has 0 saturated carbocycles. The monoisotopic (exact) mass is 446 g/mol. The quantitative estimate of drug-likeness (QED) is 0.323. The highest BCUT2D eigenvalue weighted by atomic mass is 16.5. The Balaban J connectivity index is 2.80. The Labute approximate surface area is 192 Å². The summed E-state index contributed by atoms with van der Waals surface area (Å²) < 4.78 is 10.7. The van der Waals surface area contributed by atoms with E-state index in [2.05, 4.69) is 17.9 Å². The summed E-state index contributed by atoms with van der Waals surface area (Å²) in [7, 11) is 3.63. The number of aliphatic carboxylic acids is 1. The SMILES string of the molecule is C/C=C(\C)CN(C)/C=C(/CCCc1ccc(OC(C)(C)C(=O)O)cc1)N(C=O)CCOC. The number of aryl methyl sites for hydroxylation is 1. The van der Waals surface area contributed by atoms with Crippen molar-refractivity contribution in [2.45, 2.75) is 52.6 Å². The van der Waals surface area contributed by atoms with E-state index in [0.29, 0.717) is 18.9 Å². The standard InChI is InChI=1S/C25H38N2O5/c1-7-20(2)17-26(5)18-22(27(19-28)15-16-31-6)10-8-9-21-11-13-23(14-12-21)32-25(3,4)24(29)30/h7,11-14,18-19H,8-10,15-17H2,1-6H3,(H,29,30)/b20-7+,22-18-. The second-order valence-electron chi connectivity index (χ2n) is 8.38. The first-order valence-corrected chi connectivity index (χ1v) is 10.9. The van der Waals surface area contributed by atoms with Gasteiger partial charge in [0.25, 0.3) is 0 Å². The van der Waals surface area contributed by atoms with Gasteiger partial charge in [0.15, 0.2) is 5.60 Å². The molecule has 178 valence electrons. The molecule has 0 aromatic heterocycles. The van der Waals surface area contributed by atoms with Crippen LogP contribution in [0.25, 0.3) is 0 Å².